The van der Waals surface area contributed by atoms with E-state index in [0.717, 1.165) is 17.4 Å². The molecule has 0 aliphatic heterocycles. The second-order valence-electron chi connectivity index (χ2n) is 5.63. The fraction of sp³-hybridized carbons (Fsp3) is 0.333. The van der Waals surface area contributed by atoms with E-state index in [2.05, 4.69) is 12.1 Å². The van der Waals surface area contributed by atoms with Gasteiger partial charge < -0.3 is 9.47 Å². The monoisotopic (exact) mass is 302 g/mol. The quantitative estimate of drug-likeness (QED) is 0.776. The molecule has 1 fully saturated rings. The molecule has 0 saturated heterocycles. The lowest BCUT2D eigenvalue weighted by atomic mass is 9.97. The highest BCUT2D eigenvalue weighted by atomic mass is 35.5. The fourth-order valence-electron chi connectivity index (χ4n) is 2.56. The highest BCUT2D eigenvalue weighted by Gasteiger charge is 2.44. The molecule has 3 heteroatoms. The third-order valence-corrected chi connectivity index (χ3v) is 4.37. The van der Waals surface area contributed by atoms with Crippen LogP contribution in [0, 0.1) is 0 Å². The van der Waals surface area contributed by atoms with E-state index < -0.39 is 0 Å². The molecule has 2 aromatic rings. The van der Waals surface area contributed by atoms with E-state index in [4.69, 9.17) is 21.1 Å². The number of benzene rings is 2. The second-order valence-corrected chi connectivity index (χ2v) is 6.06. The number of rotatable bonds is 6. The third-order valence-electron chi connectivity index (χ3n) is 4.12. The van der Waals surface area contributed by atoms with Crippen molar-refractivity contribution in [3.05, 3.63) is 64.7 Å². The van der Waals surface area contributed by atoms with Gasteiger partial charge in [0.15, 0.2) is 0 Å². The highest BCUT2D eigenvalue weighted by molar-refractivity contribution is 6.30. The van der Waals surface area contributed by atoms with E-state index >= 15 is 0 Å². The molecule has 1 aliphatic rings. The molecule has 2 aromatic carbocycles. The summed E-state index contributed by atoms with van der Waals surface area (Å²) in [6, 6.07) is 16.2. The summed E-state index contributed by atoms with van der Waals surface area (Å²) < 4.78 is 11.1. The summed E-state index contributed by atoms with van der Waals surface area (Å²) in [5.74, 6) is 0.874. The van der Waals surface area contributed by atoms with Gasteiger partial charge in [-0.3, -0.25) is 0 Å². The molecule has 0 spiro atoms. The van der Waals surface area contributed by atoms with Crippen LogP contribution in [0.3, 0.4) is 0 Å². The fourth-order valence-corrected chi connectivity index (χ4v) is 2.68. The van der Waals surface area contributed by atoms with Crippen molar-refractivity contribution in [2.24, 2.45) is 0 Å². The Labute approximate surface area is 130 Å². The molecule has 0 amide bonds. The van der Waals surface area contributed by atoms with Gasteiger partial charge in [0, 0.05) is 10.4 Å². The zero-order chi connectivity index (χ0) is 14.7. The van der Waals surface area contributed by atoms with Crippen molar-refractivity contribution in [3.8, 4) is 5.75 Å². The Morgan fingerprint density at radius 3 is 2.24 bits per heavy atom. The smallest absolute Gasteiger partial charge is 0.118 e. The minimum absolute atomic E-state index is 0.205. The minimum Gasteiger partial charge on any atom is -0.497 e. The Morgan fingerprint density at radius 1 is 1.00 bits per heavy atom. The first-order valence-corrected chi connectivity index (χ1v) is 7.56. The van der Waals surface area contributed by atoms with Crippen LogP contribution in [0.2, 0.25) is 5.02 Å². The van der Waals surface area contributed by atoms with Gasteiger partial charge >= 0.3 is 0 Å². The highest BCUT2D eigenvalue weighted by Crippen LogP contribution is 2.48. The van der Waals surface area contributed by atoms with Gasteiger partial charge in [-0.05, 0) is 48.2 Å². The van der Waals surface area contributed by atoms with Crippen molar-refractivity contribution in [2.45, 2.75) is 24.9 Å². The molecule has 21 heavy (non-hydrogen) atoms. The molecule has 0 aromatic heterocycles. The summed E-state index contributed by atoms with van der Waals surface area (Å²) in [6.45, 7) is 1.40. The van der Waals surface area contributed by atoms with Crippen LogP contribution >= 0.6 is 11.6 Å². The van der Waals surface area contributed by atoms with Crippen molar-refractivity contribution in [1.82, 2.24) is 0 Å². The van der Waals surface area contributed by atoms with Crippen LogP contribution in [-0.4, -0.2) is 13.7 Å². The summed E-state index contributed by atoms with van der Waals surface area (Å²) >= 11 is 5.95. The van der Waals surface area contributed by atoms with Crippen LogP contribution in [0.4, 0.5) is 0 Å². The normalized spacial score (nSPS) is 15.7. The van der Waals surface area contributed by atoms with E-state index in [0.29, 0.717) is 6.61 Å². The SMILES string of the molecule is COc1ccc(COCC2(c3ccc(Cl)cc3)CC2)cc1. The van der Waals surface area contributed by atoms with E-state index in [1.54, 1.807) is 7.11 Å². The number of hydrogen-bond donors (Lipinski definition) is 0. The molecule has 0 bridgehead atoms. The maximum absolute atomic E-state index is 5.95. The molecule has 0 radical (unpaired) electrons. The summed E-state index contributed by atoms with van der Waals surface area (Å²) in [5.41, 5.74) is 2.71. The van der Waals surface area contributed by atoms with Crippen molar-refractivity contribution in [2.75, 3.05) is 13.7 Å². The van der Waals surface area contributed by atoms with Crippen LogP contribution in [0.25, 0.3) is 0 Å². The molecule has 110 valence electrons. The lowest BCUT2D eigenvalue weighted by Gasteiger charge is -2.16. The standard InChI is InChI=1S/C18H19ClO2/c1-20-17-8-2-14(3-9-17)12-21-13-18(10-11-18)15-4-6-16(19)7-5-15/h2-9H,10-13H2,1H3. The van der Waals surface area contributed by atoms with E-state index in [-0.39, 0.29) is 5.41 Å². The predicted molar refractivity (Wildman–Crippen MR) is 85.0 cm³/mol. The van der Waals surface area contributed by atoms with Crippen molar-refractivity contribution < 1.29 is 9.47 Å². The maximum Gasteiger partial charge on any atom is 0.118 e. The predicted octanol–water partition coefficient (Wildman–Crippen LogP) is 4.60. The molecule has 0 heterocycles. The van der Waals surface area contributed by atoms with Crippen molar-refractivity contribution >= 4 is 11.6 Å². The van der Waals surface area contributed by atoms with Gasteiger partial charge in [0.1, 0.15) is 5.75 Å². The van der Waals surface area contributed by atoms with Crippen molar-refractivity contribution in [1.29, 1.82) is 0 Å². The van der Waals surface area contributed by atoms with Crippen LogP contribution < -0.4 is 4.74 Å². The minimum atomic E-state index is 0.205. The second kappa shape index (κ2) is 6.08. The number of ether oxygens (including phenoxy) is 2. The molecule has 1 saturated carbocycles. The lowest BCUT2D eigenvalue weighted by molar-refractivity contribution is 0.100. The molecular formula is C18H19ClO2. The Bertz CT molecular complexity index is 586. The van der Waals surface area contributed by atoms with Gasteiger partial charge in [0.25, 0.3) is 0 Å². The van der Waals surface area contributed by atoms with Gasteiger partial charge in [-0.25, -0.2) is 0 Å². The zero-order valence-corrected chi connectivity index (χ0v) is 12.9. The summed E-state index contributed by atoms with van der Waals surface area (Å²) in [5, 5.41) is 0.786. The maximum atomic E-state index is 5.95. The van der Waals surface area contributed by atoms with Gasteiger partial charge in [0.05, 0.1) is 20.3 Å². The first-order valence-electron chi connectivity index (χ1n) is 7.19. The van der Waals surface area contributed by atoms with Crippen LogP contribution in [0.1, 0.15) is 24.0 Å². The number of hydrogen-bond acceptors (Lipinski definition) is 2. The summed E-state index contributed by atoms with van der Waals surface area (Å²) in [4.78, 5) is 0. The Balaban J connectivity index is 1.56. The molecule has 1 aliphatic carbocycles. The van der Waals surface area contributed by atoms with Crippen molar-refractivity contribution in [3.63, 3.8) is 0 Å². The molecular weight excluding hydrogens is 284 g/mol. The molecule has 0 unspecified atom stereocenters. The molecule has 3 rings (SSSR count). The van der Waals surface area contributed by atoms with E-state index in [9.17, 15) is 0 Å². The number of methoxy groups -OCH3 is 1. The van der Waals surface area contributed by atoms with Gasteiger partial charge in [-0.2, -0.15) is 0 Å². The molecule has 2 nitrogen and oxygen atoms in total. The van der Waals surface area contributed by atoms with Crippen LogP contribution in [0.5, 0.6) is 5.75 Å². The summed E-state index contributed by atoms with van der Waals surface area (Å²) in [6.07, 6.45) is 2.38. The molecule has 0 N–H and O–H groups in total. The number of halogens is 1. The van der Waals surface area contributed by atoms with Crippen LogP contribution in [0.15, 0.2) is 48.5 Å². The van der Waals surface area contributed by atoms with E-state index in [1.807, 2.05) is 36.4 Å². The first kappa shape index (κ1) is 14.4. The van der Waals surface area contributed by atoms with Crippen LogP contribution in [-0.2, 0) is 16.8 Å². The lowest BCUT2D eigenvalue weighted by Crippen LogP contribution is -2.15. The largest absolute Gasteiger partial charge is 0.497 e. The Morgan fingerprint density at radius 2 is 1.67 bits per heavy atom. The molecule has 0 atom stereocenters. The average Bonchev–Trinajstić information content (AvgIpc) is 3.30. The van der Waals surface area contributed by atoms with Gasteiger partial charge in [0.2, 0.25) is 0 Å². The van der Waals surface area contributed by atoms with Gasteiger partial charge in [-0.15, -0.1) is 0 Å². The zero-order valence-electron chi connectivity index (χ0n) is 12.1. The average molecular weight is 303 g/mol. The Kier molecular flexibility index (Phi) is 4.18. The first-order chi connectivity index (χ1) is 10.2. The topological polar surface area (TPSA) is 18.5 Å². The van der Waals surface area contributed by atoms with Gasteiger partial charge in [-0.1, -0.05) is 35.9 Å². The third kappa shape index (κ3) is 3.39. The Hall–Kier alpha value is -1.51. The summed E-state index contributed by atoms with van der Waals surface area (Å²) in [7, 11) is 1.68. The van der Waals surface area contributed by atoms with E-state index in [1.165, 1.54) is 24.0 Å².